The van der Waals surface area contributed by atoms with Gasteiger partial charge in [0.2, 0.25) is 0 Å². The molecule has 0 radical (unpaired) electrons. The van der Waals surface area contributed by atoms with E-state index in [-0.39, 0.29) is 9.79 Å². The van der Waals surface area contributed by atoms with Gasteiger partial charge in [-0.3, -0.25) is 0 Å². The Bertz CT molecular complexity index is 716. The molecule has 0 heterocycles. The number of sulfone groups is 2. The molecule has 0 saturated heterocycles. The van der Waals surface area contributed by atoms with Crippen molar-refractivity contribution in [3.8, 4) is 0 Å². The van der Waals surface area contributed by atoms with Crippen molar-refractivity contribution in [1.82, 2.24) is 0 Å². The Hall–Kier alpha value is -0.920. The second kappa shape index (κ2) is 4.29. The lowest BCUT2D eigenvalue weighted by atomic mass is 9.73. The predicted octanol–water partition coefficient (Wildman–Crippen LogP) is 0.832. The van der Waals surface area contributed by atoms with E-state index in [9.17, 15) is 16.8 Å². The van der Waals surface area contributed by atoms with E-state index in [1.807, 2.05) is 0 Å². The first kappa shape index (κ1) is 14.5. The van der Waals surface area contributed by atoms with Gasteiger partial charge in [-0.2, -0.15) is 0 Å². The van der Waals surface area contributed by atoms with E-state index in [1.54, 1.807) is 6.07 Å². The molecule has 0 amide bonds. The third-order valence-corrected chi connectivity index (χ3v) is 5.98. The molecule has 106 valence electrons. The molecule has 2 rings (SSSR count). The van der Waals surface area contributed by atoms with E-state index in [1.165, 1.54) is 12.1 Å². The maximum Gasteiger partial charge on any atom is 0.176 e. The average molecular weight is 303 g/mol. The zero-order valence-electron chi connectivity index (χ0n) is 10.9. The number of hydrogen-bond donors (Lipinski definition) is 1. The van der Waals surface area contributed by atoms with Crippen LogP contribution in [0.2, 0.25) is 0 Å². The summed E-state index contributed by atoms with van der Waals surface area (Å²) in [5.41, 5.74) is 6.32. The summed E-state index contributed by atoms with van der Waals surface area (Å²) in [4.78, 5) is -0.328. The highest BCUT2D eigenvalue weighted by atomic mass is 32.2. The van der Waals surface area contributed by atoms with Crippen LogP contribution in [0.5, 0.6) is 0 Å². The minimum absolute atomic E-state index is 0.163. The Labute approximate surface area is 113 Å². The molecular weight excluding hydrogens is 286 g/mol. The van der Waals surface area contributed by atoms with Crippen molar-refractivity contribution in [1.29, 1.82) is 0 Å². The van der Waals surface area contributed by atoms with Crippen LogP contribution in [-0.4, -0.2) is 29.3 Å². The van der Waals surface area contributed by atoms with Gasteiger partial charge in [0.15, 0.2) is 19.7 Å². The first-order chi connectivity index (χ1) is 8.54. The van der Waals surface area contributed by atoms with Crippen LogP contribution in [0.4, 0.5) is 0 Å². The number of rotatable bonds is 3. The standard InChI is InChI=1S/C12H17NO4S2/c1-18(14,15)10-5-4-9(12(13)6-3-7-12)8-11(10)19(2,16)17/h4-5,8H,3,6-7,13H2,1-2H3. The normalized spacial score (nSPS) is 18.9. The summed E-state index contributed by atoms with van der Waals surface area (Å²) in [6, 6.07) is 4.36. The molecule has 0 aromatic heterocycles. The fourth-order valence-electron chi connectivity index (χ4n) is 2.26. The fourth-order valence-corrected chi connectivity index (χ4v) is 4.68. The van der Waals surface area contributed by atoms with Gasteiger partial charge in [0.25, 0.3) is 0 Å². The maximum absolute atomic E-state index is 11.8. The summed E-state index contributed by atoms with van der Waals surface area (Å²) in [5.74, 6) is 0. The van der Waals surface area contributed by atoms with E-state index in [4.69, 9.17) is 5.73 Å². The molecular formula is C12H17NO4S2. The van der Waals surface area contributed by atoms with Gasteiger partial charge in [0.1, 0.15) is 0 Å². The minimum Gasteiger partial charge on any atom is -0.321 e. The van der Waals surface area contributed by atoms with Gasteiger partial charge in [-0.25, -0.2) is 16.8 Å². The van der Waals surface area contributed by atoms with Gasteiger partial charge in [-0.15, -0.1) is 0 Å². The number of nitrogens with two attached hydrogens (primary N) is 1. The van der Waals surface area contributed by atoms with E-state index >= 15 is 0 Å². The third kappa shape index (κ3) is 2.68. The van der Waals surface area contributed by atoms with Crippen molar-refractivity contribution in [2.75, 3.05) is 12.5 Å². The maximum atomic E-state index is 11.8. The van der Waals surface area contributed by atoms with Crippen LogP contribution in [-0.2, 0) is 25.2 Å². The van der Waals surface area contributed by atoms with Gasteiger partial charge in [0, 0.05) is 18.1 Å². The molecule has 1 aromatic carbocycles. The van der Waals surface area contributed by atoms with Crippen molar-refractivity contribution >= 4 is 19.7 Å². The molecule has 0 atom stereocenters. The van der Waals surface area contributed by atoms with Gasteiger partial charge in [-0.05, 0) is 37.0 Å². The second-order valence-electron chi connectivity index (χ2n) is 5.22. The van der Waals surface area contributed by atoms with Gasteiger partial charge in [0.05, 0.1) is 9.79 Å². The third-order valence-electron chi connectivity index (χ3n) is 3.56. The van der Waals surface area contributed by atoms with Gasteiger partial charge in [-0.1, -0.05) is 6.07 Å². The first-order valence-electron chi connectivity index (χ1n) is 5.88. The number of hydrogen-bond acceptors (Lipinski definition) is 5. The summed E-state index contributed by atoms with van der Waals surface area (Å²) in [7, 11) is -7.21. The molecule has 0 bridgehead atoms. The first-order valence-corrected chi connectivity index (χ1v) is 9.66. The molecule has 2 N–H and O–H groups in total. The zero-order chi connectivity index (χ0) is 14.5. The summed E-state index contributed by atoms with van der Waals surface area (Å²) in [6.45, 7) is 0. The number of benzene rings is 1. The highest BCUT2D eigenvalue weighted by molar-refractivity contribution is 7.93. The summed E-state index contributed by atoms with van der Waals surface area (Å²) < 4.78 is 46.9. The highest BCUT2D eigenvalue weighted by Crippen LogP contribution is 2.40. The van der Waals surface area contributed by atoms with Crippen LogP contribution < -0.4 is 5.73 Å². The lowest BCUT2D eigenvalue weighted by Gasteiger charge is -2.38. The molecule has 0 aliphatic heterocycles. The largest absolute Gasteiger partial charge is 0.321 e. The zero-order valence-corrected chi connectivity index (χ0v) is 12.5. The van der Waals surface area contributed by atoms with Gasteiger partial charge < -0.3 is 5.73 Å². The Morgan fingerprint density at radius 1 is 1.00 bits per heavy atom. The Kier molecular flexibility index (Phi) is 3.27. The molecule has 5 nitrogen and oxygen atoms in total. The summed E-state index contributed by atoms with van der Waals surface area (Å²) in [6.07, 6.45) is 4.57. The van der Waals surface area contributed by atoms with Gasteiger partial charge >= 0.3 is 0 Å². The Morgan fingerprint density at radius 2 is 1.53 bits per heavy atom. The van der Waals surface area contributed by atoms with Crippen molar-refractivity contribution in [3.05, 3.63) is 23.8 Å². The summed E-state index contributed by atoms with van der Waals surface area (Å²) >= 11 is 0. The minimum atomic E-state index is -3.62. The SMILES string of the molecule is CS(=O)(=O)c1ccc(C2(N)CCC2)cc1S(C)(=O)=O. The quantitative estimate of drug-likeness (QED) is 0.892. The van der Waals surface area contributed by atoms with Crippen LogP contribution in [0.1, 0.15) is 24.8 Å². The van der Waals surface area contributed by atoms with Crippen LogP contribution in [0.25, 0.3) is 0 Å². The molecule has 0 unspecified atom stereocenters. The van der Waals surface area contributed by atoms with Crippen LogP contribution in [0.3, 0.4) is 0 Å². The smallest absolute Gasteiger partial charge is 0.176 e. The van der Waals surface area contributed by atoms with Crippen molar-refractivity contribution in [2.45, 2.75) is 34.6 Å². The second-order valence-corrected chi connectivity index (χ2v) is 9.18. The average Bonchev–Trinajstić information content (AvgIpc) is 2.22. The summed E-state index contributed by atoms with van der Waals surface area (Å²) in [5, 5.41) is 0. The highest BCUT2D eigenvalue weighted by Gasteiger charge is 2.35. The molecule has 1 aliphatic carbocycles. The van der Waals surface area contributed by atoms with E-state index in [2.05, 4.69) is 0 Å². The topological polar surface area (TPSA) is 94.3 Å². The van der Waals surface area contributed by atoms with E-state index in [0.717, 1.165) is 31.8 Å². The Morgan fingerprint density at radius 3 is 1.89 bits per heavy atom. The Balaban J connectivity index is 2.68. The molecule has 7 heteroatoms. The van der Waals surface area contributed by atoms with Crippen molar-refractivity contribution in [2.24, 2.45) is 5.73 Å². The monoisotopic (exact) mass is 303 g/mol. The van der Waals surface area contributed by atoms with E-state index in [0.29, 0.717) is 5.56 Å². The lowest BCUT2D eigenvalue weighted by Crippen LogP contribution is -2.43. The van der Waals surface area contributed by atoms with Crippen molar-refractivity contribution < 1.29 is 16.8 Å². The molecule has 1 fully saturated rings. The molecule has 1 aromatic rings. The molecule has 1 aliphatic rings. The molecule has 0 spiro atoms. The molecule has 1 saturated carbocycles. The van der Waals surface area contributed by atoms with Crippen molar-refractivity contribution in [3.63, 3.8) is 0 Å². The lowest BCUT2D eigenvalue weighted by molar-refractivity contribution is 0.253. The van der Waals surface area contributed by atoms with Crippen LogP contribution >= 0.6 is 0 Å². The van der Waals surface area contributed by atoms with E-state index < -0.39 is 25.2 Å². The fraction of sp³-hybridized carbons (Fsp3) is 0.500. The molecule has 19 heavy (non-hydrogen) atoms. The van der Waals surface area contributed by atoms with Crippen LogP contribution in [0, 0.1) is 0 Å². The van der Waals surface area contributed by atoms with Crippen LogP contribution in [0.15, 0.2) is 28.0 Å². The predicted molar refractivity (Wildman–Crippen MR) is 72.4 cm³/mol.